The molecule has 2 N–H and O–H groups in total. The largest absolute Gasteiger partial charge is 0.497 e. The molecule has 0 unspecified atom stereocenters. The average molecular weight is 375 g/mol. The molecule has 4 rings (SSSR count). The molecule has 0 fully saturated rings. The monoisotopic (exact) mass is 375 g/mol. The van der Waals surface area contributed by atoms with Crippen LogP contribution in [0.1, 0.15) is 5.56 Å². The SMILES string of the molecule is COc1ccc(CCNc2cc(-c3ccc4cn[nH]c4c3)nc(OC)n2)cc1. The van der Waals surface area contributed by atoms with Gasteiger partial charge >= 0.3 is 6.01 Å². The van der Waals surface area contributed by atoms with Crippen LogP contribution in [0.3, 0.4) is 0 Å². The summed E-state index contributed by atoms with van der Waals surface area (Å²) in [4.78, 5) is 8.88. The van der Waals surface area contributed by atoms with E-state index in [2.05, 4.69) is 37.6 Å². The molecule has 2 heterocycles. The van der Waals surface area contributed by atoms with E-state index in [0.29, 0.717) is 6.01 Å². The molecule has 0 atom stereocenters. The maximum absolute atomic E-state index is 5.28. The number of anilines is 1. The van der Waals surface area contributed by atoms with Crippen LogP contribution in [-0.4, -0.2) is 40.9 Å². The minimum atomic E-state index is 0.328. The summed E-state index contributed by atoms with van der Waals surface area (Å²) >= 11 is 0. The van der Waals surface area contributed by atoms with Gasteiger partial charge in [-0.15, -0.1) is 0 Å². The van der Waals surface area contributed by atoms with E-state index in [1.165, 1.54) is 5.56 Å². The topological polar surface area (TPSA) is 85.0 Å². The number of hydrogen-bond donors (Lipinski definition) is 2. The third kappa shape index (κ3) is 3.88. The fourth-order valence-electron chi connectivity index (χ4n) is 2.98. The summed E-state index contributed by atoms with van der Waals surface area (Å²) in [7, 11) is 3.24. The van der Waals surface area contributed by atoms with Crippen molar-refractivity contribution in [2.75, 3.05) is 26.1 Å². The van der Waals surface area contributed by atoms with Gasteiger partial charge < -0.3 is 14.8 Å². The average Bonchev–Trinajstić information content (AvgIpc) is 3.22. The number of aromatic nitrogens is 4. The lowest BCUT2D eigenvalue weighted by Gasteiger charge is -2.10. The molecule has 0 aliphatic heterocycles. The first-order valence-corrected chi connectivity index (χ1v) is 8.98. The van der Waals surface area contributed by atoms with Crippen molar-refractivity contribution in [3.63, 3.8) is 0 Å². The maximum atomic E-state index is 5.28. The van der Waals surface area contributed by atoms with Crippen molar-refractivity contribution in [2.24, 2.45) is 0 Å². The van der Waals surface area contributed by atoms with Crippen LogP contribution >= 0.6 is 0 Å². The number of fused-ring (bicyclic) bond motifs is 1. The van der Waals surface area contributed by atoms with Crippen LogP contribution in [-0.2, 0) is 6.42 Å². The van der Waals surface area contributed by atoms with Crippen molar-refractivity contribution in [1.82, 2.24) is 20.2 Å². The molecule has 0 amide bonds. The van der Waals surface area contributed by atoms with E-state index in [4.69, 9.17) is 9.47 Å². The Morgan fingerprint density at radius 3 is 2.61 bits per heavy atom. The molecule has 142 valence electrons. The molecule has 0 bridgehead atoms. The van der Waals surface area contributed by atoms with E-state index in [9.17, 15) is 0 Å². The van der Waals surface area contributed by atoms with Gasteiger partial charge in [0.25, 0.3) is 0 Å². The Labute approximate surface area is 162 Å². The van der Waals surface area contributed by atoms with Crippen LogP contribution < -0.4 is 14.8 Å². The molecular weight excluding hydrogens is 354 g/mol. The number of ether oxygens (including phenoxy) is 2. The number of nitrogens with zero attached hydrogens (tertiary/aromatic N) is 3. The molecule has 7 nitrogen and oxygen atoms in total. The first kappa shape index (κ1) is 17.8. The van der Waals surface area contributed by atoms with Gasteiger partial charge in [0, 0.05) is 23.6 Å². The first-order valence-electron chi connectivity index (χ1n) is 8.98. The minimum Gasteiger partial charge on any atom is -0.497 e. The number of hydrogen-bond acceptors (Lipinski definition) is 6. The molecule has 0 saturated heterocycles. The Morgan fingerprint density at radius 1 is 0.964 bits per heavy atom. The fraction of sp³-hybridized carbons (Fsp3) is 0.190. The van der Waals surface area contributed by atoms with Gasteiger partial charge in [-0.2, -0.15) is 15.1 Å². The van der Waals surface area contributed by atoms with Gasteiger partial charge in [-0.25, -0.2) is 0 Å². The minimum absolute atomic E-state index is 0.328. The highest BCUT2D eigenvalue weighted by Gasteiger charge is 2.08. The van der Waals surface area contributed by atoms with Gasteiger partial charge in [-0.3, -0.25) is 5.10 Å². The van der Waals surface area contributed by atoms with Crippen LogP contribution in [0.5, 0.6) is 11.8 Å². The number of nitrogens with one attached hydrogen (secondary N) is 2. The van der Waals surface area contributed by atoms with Crippen molar-refractivity contribution in [2.45, 2.75) is 6.42 Å². The Kier molecular flexibility index (Phi) is 5.05. The van der Waals surface area contributed by atoms with E-state index >= 15 is 0 Å². The Balaban J connectivity index is 1.51. The molecule has 4 aromatic rings. The highest BCUT2D eigenvalue weighted by molar-refractivity contribution is 5.83. The second kappa shape index (κ2) is 7.96. The second-order valence-corrected chi connectivity index (χ2v) is 6.32. The van der Waals surface area contributed by atoms with Gasteiger partial charge in [0.2, 0.25) is 0 Å². The Morgan fingerprint density at radius 2 is 1.82 bits per heavy atom. The number of rotatable bonds is 7. The molecular formula is C21H21N5O2. The quantitative estimate of drug-likeness (QED) is 0.512. The van der Waals surface area contributed by atoms with Crippen molar-refractivity contribution >= 4 is 16.7 Å². The lowest BCUT2D eigenvalue weighted by molar-refractivity contribution is 0.381. The number of benzene rings is 2. The number of aromatic amines is 1. The standard InChI is InChI=1S/C21H21N5O2/c1-27-17-7-3-14(4-8-17)9-10-22-20-12-18(24-21(25-20)28-2)15-5-6-16-13-23-26-19(16)11-15/h3-8,11-13H,9-10H2,1-2H3,(H,23,26)(H,22,24,25). The predicted molar refractivity (Wildman–Crippen MR) is 109 cm³/mol. The lowest BCUT2D eigenvalue weighted by atomic mass is 10.1. The van der Waals surface area contributed by atoms with Gasteiger partial charge in [0.05, 0.1) is 31.6 Å². The van der Waals surface area contributed by atoms with Crippen LogP contribution in [0.4, 0.5) is 5.82 Å². The predicted octanol–water partition coefficient (Wildman–Crippen LogP) is 3.69. The molecule has 0 aliphatic carbocycles. The third-order valence-corrected chi connectivity index (χ3v) is 4.50. The Hall–Kier alpha value is -3.61. The zero-order chi connectivity index (χ0) is 19.3. The smallest absolute Gasteiger partial charge is 0.318 e. The van der Waals surface area contributed by atoms with Crippen LogP contribution in [0.15, 0.2) is 54.7 Å². The number of methoxy groups -OCH3 is 2. The Bertz CT molecular complexity index is 1080. The van der Waals surface area contributed by atoms with Crippen molar-refractivity contribution in [3.05, 3.63) is 60.3 Å². The van der Waals surface area contributed by atoms with E-state index < -0.39 is 0 Å². The third-order valence-electron chi connectivity index (χ3n) is 4.50. The fourth-order valence-corrected chi connectivity index (χ4v) is 2.98. The summed E-state index contributed by atoms with van der Waals surface area (Å²) in [6.45, 7) is 0.742. The van der Waals surface area contributed by atoms with E-state index in [-0.39, 0.29) is 0 Å². The normalized spacial score (nSPS) is 10.8. The van der Waals surface area contributed by atoms with E-state index in [1.54, 1.807) is 20.4 Å². The van der Waals surface area contributed by atoms with Gasteiger partial charge in [-0.1, -0.05) is 24.3 Å². The summed E-state index contributed by atoms with van der Waals surface area (Å²) in [5, 5.41) is 11.5. The van der Waals surface area contributed by atoms with Gasteiger partial charge in [0.1, 0.15) is 11.6 Å². The van der Waals surface area contributed by atoms with Gasteiger partial charge in [0.15, 0.2) is 0 Å². The van der Waals surface area contributed by atoms with E-state index in [0.717, 1.165) is 46.7 Å². The molecule has 0 spiro atoms. The molecule has 28 heavy (non-hydrogen) atoms. The summed E-state index contributed by atoms with van der Waals surface area (Å²) in [5.74, 6) is 1.58. The summed E-state index contributed by atoms with van der Waals surface area (Å²) in [5.41, 5.74) is 3.94. The summed E-state index contributed by atoms with van der Waals surface area (Å²) in [6.07, 6.45) is 2.66. The summed E-state index contributed by atoms with van der Waals surface area (Å²) < 4.78 is 10.5. The van der Waals surface area contributed by atoms with Gasteiger partial charge in [-0.05, 0) is 30.2 Å². The van der Waals surface area contributed by atoms with E-state index in [1.807, 2.05) is 36.4 Å². The zero-order valence-corrected chi connectivity index (χ0v) is 15.8. The molecule has 0 aliphatic rings. The molecule has 0 saturated carbocycles. The molecule has 7 heteroatoms. The van der Waals surface area contributed by atoms with Crippen LogP contribution in [0.2, 0.25) is 0 Å². The number of H-pyrrole nitrogens is 1. The zero-order valence-electron chi connectivity index (χ0n) is 15.8. The molecule has 2 aromatic carbocycles. The highest BCUT2D eigenvalue weighted by Crippen LogP contribution is 2.25. The molecule has 0 radical (unpaired) electrons. The van der Waals surface area contributed by atoms with Crippen molar-refractivity contribution in [3.8, 4) is 23.0 Å². The van der Waals surface area contributed by atoms with Crippen molar-refractivity contribution < 1.29 is 9.47 Å². The molecule has 2 aromatic heterocycles. The first-order chi connectivity index (χ1) is 13.7. The van der Waals surface area contributed by atoms with Crippen LogP contribution in [0.25, 0.3) is 22.2 Å². The summed E-state index contributed by atoms with van der Waals surface area (Å²) in [6, 6.07) is 16.4. The van der Waals surface area contributed by atoms with Crippen LogP contribution in [0, 0.1) is 0 Å². The highest BCUT2D eigenvalue weighted by atomic mass is 16.5. The maximum Gasteiger partial charge on any atom is 0.318 e. The second-order valence-electron chi connectivity index (χ2n) is 6.32. The lowest BCUT2D eigenvalue weighted by Crippen LogP contribution is -2.08. The van der Waals surface area contributed by atoms with Crippen molar-refractivity contribution in [1.29, 1.82) is 0 Å².